The fourth-order valence-electron chi connectivity index (χ4n) is 3.56. The highest BCUT2D eigenvalue weighted by molar-refractivity contribution is 14.0. The number of ether oxygens (including phenoxy) is 2. The van der Waals surface area contributed by atoms with Crippen molar-refractivity contribution in [3.05, 3.63) is 29.8 Å². The van der Waals surface area contributed by atoms with Gasteiger partial charge < -0.3 is 20.1 Å². The number of aliphatic imine (C=N–C) groups is 1. The van der Waals surface area contributed by atoms with Crippen LogP contribution in [0.3, 0.4) is 0 Å². The minimum absolute atomic E-state index is 0. The maximum Gasteiger partial charge on any atom is 0.573 e. The van der Waals surface area contributed by atoms with Gasteiger partial charge in [-0.15, -0.1) is 37.1 Å². The van der Waals surface area contributed by atoms with Crippen molar-refractivity contribution in [3.8, 4) is 5.75 Å². The molecule has 1 aliphatic heterocycles. The molecule has 1 aromatic rings. The number of halogens is 4. The predicted octanol–water partition coefficient (Wildman–Crippen LogP) is 3.33. The van der Waals surface area contributed by atoms with Crippen LogP contribution in [0, 0.1) is 0 Å². The quantitative estimate of drug-likeness (QED) is 0.315. The number of hydrogen-bond acceptors (Lipinski definition) is 4. The molecule has 6 nitrogen and oxygen atoms in total. The normalized spacial score (nSPS) is 23.3. The molecule has 0 bridgehead atoms. The van der Waals surface area contributed by atoms with E-state index in [0.29, 0.717) is 30.7 Å². The fourth-order valence-corrected chi connectivity index (χ4v) is 3.56. The van der Waals surface area contributed by atoms with Crippen molar-refractivity contribution in [2.45, 2.75) is 44.6 Å². The second-order valence-corrected chi connectivity index (χ2v) is 7.40. The highest BCUT2D eigenvalue weighted by atomic mass is 127. The Bertz CT molecular complexity index is 699. The second-order valence-electron chi connectivity index (χ2n) is 7.40. The molecule has 170 valence electrons. The topological polar surface area (TPSA) is 58.1 Å². The van der Waals surface area contributed by atoms with E-state index in [1.54, 1.807) is 18.2 Å². The number of benzene rings is 1. The van der Waals surface area contributed by atoms with Gasteiger partial charge >= 0.3 is 6.36 Å². The monoisotopic (exact) mass is 542 g/mol. The van der Waals surface area contributed by atoms with Gasteiger partial charge in [0.05, 0.1) is 19.8 Å². The van der Waals surface area contributed by atoms with Crippen LogP contribution in [0.4, 0.5) is 13.2 Å². The SMILES string of the molecule is CCNC(=NCC(C)N1CCOCC1)NC1CC1c1ccccc1OC(F)(F)F.I. The molecule has 1 saturated heterocycles. The maximum atomic E-state index is 12.7. The van der Waals surface area contributed by atoms with E-state index in [0.717, 1.165) is 32.7 Å². The zero-order chi connectivity index (χ0) is 20.9. The fraction of sp³-hybridized carbons (Fsp3) is 0.650. The molecule has 2 N–H and O–H groups in total. The summed E-state index contributed by atoms with van der Waals surface area (Å²) < 4.78 is 47.6. The number of alkyl halides is 3. The Hall–Kier alpha value is -1.27. The molecule has 10 heteroatoms. The first-order chi connectivity index (χ1) is 13.9. The predicted molar refractivity (Wildman–Crippen MR) is 121 cm³/mol. The Morgan fingerprint density at radius 2 is 2.00 bits per heavy atom. The van der Waals surface area contributed by atoms with Crippen molar-refractivity contribution >= 4 is 29.9 Å². The van der Waals surface area contributed by atoms with Crippen LogP contribution in [0.5, 0.6) is 5.75 Å². The first kappa shape index (κ1) is 25.0. The van der Waals surface area contributed by atoms with E-state index >= 15 is 0 Å². The van der Waals surface area contributed by atoms with Crippen LogP contribution in [-0.2, 0) is 4.74 Å². The minimum Gasteiger partial charge on any atom is -0.405 e. The zero-order valence-corrected chi connectivity index (χ0v) is 19.6. The molecule has 2 aliphatic rings. The Balaban J connectivity index is 0.00000320. The van der Waals surface area contributed by atoms with E-state index in [1.807, 2.05) is 6.92 Å². The summed E-state index contributed by atoms with van der Waals surface area (Å²) in [7, 11) is 0. The molecule has 1 heterocycles. The van der Waals surface area contributed by atoms with Crippen molar-refractivity contribution < 1.29 is 22.6 Å². The molecule has 1 saturated carbocycles. The lowest BCUT2D eigenvalue weighted by atomic mass is 10.1. The lowest BCUT2D eigenvalue weighted by Crippen LogP contribution is -2.44. The van der Waals surface area contributed by atoms with Crippen molar-refractivity contribution in [1.82, 2.24) is 15.5 Å². The summed E-state index contributed by atoms with van der Waals surface area (Å²) >= 11 is 0. The van der Waals surface area contributed by atoms with Crippen molar-refractivity contribution in [1.29, 1.82) is 0 Å². The Morgan fingerprint density at radius 3 is 2.67 bits per heavy atom. The van der Waals surface area contributed by atoms with E-state index in [4.69, 9.17) is 4.74 Å². The molecule has 0 amide bonds. The van der Waals surface area contributed by atoms with Gasteiger partial charge in [0.15, 0.2) is 5.96 Å². The summed E-state index contributed by atoms with van der Waals surface area (Å²) in [5, 5.41) is 6.57. The first-order valence-electron chi connectivity index (χ1n) is 10.1. The van der Waals surface area contributed by atoms with Crippen LogP contribution in [0.25, 0.3) is 0 Å². The molecule has 0 radical (unpaired) electrons. The van der Waals surface area contributed by atoms with Gasteiger partial charge in [-0.2, -0.15) is 0 Å². The van der Waals surface area contributed by atoms with E-state index < -0.39 is 6.36 Å². The minimum atomic E-state index is -4.69. The number of nitrogens with one attached hydrogen (secondary N) is 2. The Labute approximate surface area is 192 Å². The molecular weight excluding hydrogens is 512 g/mol. The van der Waals surface area contributed by atoms with E-state index in [2.05, 4.69) is 32.2 Å². The third-order valence-electron chi connectivity index (χ3n) is 5.18. The molecule has 3 atom stereocenters. The molecule has 2 fully saturated rings. The van der Waals surface area contributed by atoms with Gasteiger partial charge in [-0.3, -0.25) is 9.89 Å². The largest absolute Gasteiger partial charge is 0.573 e. The van der Waals surface area contributed by atoms with Crippen LogP contribution in [0.1, 0.15) is 31.7 Å². The molecule has 30 heavy (non-hydrogen) atoms. The molecule has 0 aromatic heterocycles. The molecule has 1 aromatic carbocycles. The van der Waals surface area contributed by atoms with Gasteiger partial charge in [0, 0.05) is 37.6 Å². The summed E-state index contributed by atoms with van der Waals surface area (Å²) in [6, 6.07) is 6.67. The van der Waals surface area contributed by atoms with Gasteiger partial charge in [-0.05, 0) is 31.9 Å². The smallest absolute Gasteiger partial charge is 0.405 e. The summed E-state index contributed by atoms with van der Waals surface area (Å²) in [5.74, 6) is 0.528. The first-order valence-corrected chi connectivity index (χ1v) is 10.1. The van der Waals surface area contributed by atoms with Crippen molar-refractivity contribution in [2.24, 2.45) is 4.99 Å². The van der Waals surface area contributed by atoms with Gasteiger partial charge in [-0.1, -0.05) is 18.2 Å². The van der Waals surface area contributed by atoms with Crippen LogP contribution < -0.4 is 15.4 Å². The highest BCUT2D eigenvalue weighted by Crippen LogP contribution is 2.45. The number of rotatable bonds is 7. The van der Waals surface area contributed by atoms with E-state index in [1.165, 1.54) is 6.07 Å². The molecule has 3 unspecified atom stereocenters. The summed E-state index contributed by atoms with van der Waals surface area (Å²) in [6.07, 6.45) is -3.96. The number of hydrogen-bond donors (Lipinski definition) is 2. The lowest BCUT2D eigenvalue weighted by Gasteiger charge is -2.31. The van der Waals surface area contributed by atoms with Gasteiger partial charge in [0.25, 0.3) is 0 Å². The van der Waals surface area contributed by atoms with Gasteiger partial charge in [0.2, 0.25) is 0 Å². The maximum absolute atomic E-state index is 12.7. The van der Waals surface area contributed by atoms with Crippen molar-refractivity contribution in [2.75, 3.05) is 39.4 Å². The third kappa shape index (κ3) is 7.45. The number of morpholine rings is 1. The van der Waals surface area contributed by atoms with E-state index in [9.17, 15) is 13.2 Å². The molecule has 0 spiro atoms. The molecular formula is C20H30F3IN4O2. The highest BCUT2D eigenvalue weighted by Gasteiger charge is 2.42. The average Bonchev–Trinajstić information content (AvgIpc) is 3.45. The summed E-state index contributed by atoms with van der Waals surface area (Å²) in [6.45, 7) is 8.78. The number of para-hydroxylation sites is 1. The Kier molecular flexibility index (Phi) is 9.48. The third-order valence-corrected chi connectivity index (χ3v) is 5.18. The van der Waals surface area contributed by atoms with E-state index in [-0.39, 0.29) is 41.7 Å². The molecule has 3 rings (SSSR count). The average molecular weight is 542 g/mol. The molecule has 1 aliphatic carbocycles. The van der Waals surface area contributed by atoms with Crippen LogP contribution in [0.15, 0.2) is 29.3 Å². The van der Waals surface area contributed by atoms with Crippen LogP contribution in [-0.4, -0.2) is 68.7 Å². The number of guanidine groups is 1. The zero-order valence-electron chi connectivity index (χ0n) is 17.2. The summed E-state index contributed by atoms with van der Waals surface area (Å²) in [5.41, 5.74) is 0.569. The van der Waals surface area contributed by atoms with Gasteiger partial charge in [0.1, 0.15) is 5.75 Å². The lowest BCUT2D eigenvalue weighted by molar-refractivity contribution is -0.274. The Morgan fingerprint density at radius 1 is 1.30 bits per heavy atom. The second kappa shape index (κ2) is 11.4. The van der Waals surface area contributed by atoms with Crippen LogP contribution in [0.2, 0.25) is 0 Å². The number of nitrogens with zero attached hydrogens (tertiary/aromatic N) is 2. The van der Waals surface area contributed by atoms with Crippen LogP contribution >= 0.6 is 24.0 Å². The standard InChI is InChI=1S/C20H29F3N4O2.HI/c1-3-24-19(25-13-14(2)27-8-10-28-11-9-27)26-17-12-16(17)15-6-4-5-7-18(15)29-20(21,22)23;/h4-7,14,16-17H,3,8-13H2,1-2H3,(H2,24,25,26);1H. The summed E-state index contributed by atoms with van der Waals surface area (Å²) in [4.78, 5) is 7.03. The van der Waals surface area contributed by atoms with Gasteiger partial charge in [-0.25, -0.2) is 0 Å². The van der Waals surface area contributed by atoms with Crippen molar-refractivity contribution in [3.63, 3.8) is 0 Å².